The van der Waals surface area contributed by atoms with E-state index in [0.29, 0.717) is 34.5 Å². The summed E-state index contributed by atoms with van der Waals surface area (Å²) in [5, 5.41) is 3.40. The zero-order valence-corrected chi connectivity index (χ0v) is 19.9. The number of methoxy groups -OCH3 is 1. The average Bonchev–Trinajstić information content (AvgIpc) is 3.25. The Balaban J connectivity index is 1.34. The van der Waals surface area contributed by atoms with Crippen LogP contribution in [0.2, 0.25) is 5.02 Å². The van der Waals surface area contributed by atoms with Gasteiger partial charge in [-0.2, -0.15) is 0 Å². The Hall–Kier alpha value is -2.28. The number of carbonyl (C=O) groups excluding carboxylic acids is 1. The number of halogens is 1. The number of nitrogens with zero attached hydrogens (tertiary/aromatic N) is 2. The lowest BCUT2D eigenvalue weighted by molar-refractivity contribution is 0.0944. The second-order valence-electron chi connectivity index (χ2n) is 8.67. The largest absolute Gasteiger partial charge is 0.496 e. The standard InChI is InChI=1S/C25H35ClN4O2/c1-29(17-19-8-4-3-5-9-19)11-6-7-12-30-13-10-20(18-30)16-28-25(31)21-14-22(26)23(27)15-24(21)32-2/h3-5,8-9,14-15,20H,6-7,10-13,16-18,27H2,1-2H3,(H,28,31). The second kappa shape index (κ2) is 12.1. The number of benzene rings is 2. The number of rotatable bonds is 11. The highest BCUT2D eigenvalue weighted by atomic mass is 35.5. The Morgan fingerprint density at radius 2 is 2.06 bits per heavy atom. The Bertz CT molecular complexity index is 878. The monoisotopic (exact) mass is 458 g/mol. The number of nitrogens with one attached hydrogen (secondary N) is 1. The second-order valence-corrected chi connectivity index (χ2v) is 9.08. The van der Waals surface area contributed by atoms with Gasteiger partial charge in [0.15, 0.2) is 0 Å². The molecule has 3 rings (SSSR count). The van der Waals surface area contributed by atoms with Crippen molar-refractivity contribution in [3.05, 3.63) is 58.6 Å². The predicted molar refractivity (Wildman–Crippen MR) is 131 cm³/mol. The van der Waals surface area contributed by atoms with Gasteiger partial charge in [-0.05, 0) is 63.5 Å². The van der Waals surface area contributed by atoms with Gasteiger partial charge >= 0.3 is 0 Å². The van der Waals surface area contributed by atoms with Crippen molar-refractivity contribution in [3.63, 3.8) is 0 Å². The first-order valence-corrected chi connectivity index (χ1v) is 11.7. The molecule has 0 spiro atoms. The Labute approximate surface area is 196 Å². The maximum atomic E-state index is 12.6. The third-order valence-electron chi connectivity index (χ3n) is 6.04. The molecule has 6 nitrogen and oxygen atoms in total. The van der Waals surface area contributed by atoms with Crippen molar-refractivity contribution in [2.24, 2.45) is 5.92 Å². The maximum Gasteiger partial charge on any atom is 0.255 e. The van der Waals surface area contributed by atoms with Gasteiger partial charge in [0.05, 0.1) is 23.4 Å². The molecule has 1 heterocycles. The summed E-state index contributed by atoms with van der Waals surface area (Å²) in [7, 11) is 3.71. The van der Waals surface area contributed by atoms with Crippen LogP contribution < -0.4 is 15.8 Å². The smallest absolute Gasteiger partial charge is 0.255 e. The SMILES string of the molecule is COc1cc(N)c(Cl)cc1C(=O)NCC1CCN(CCCCN(C)Cc2ccccc2)C1. The molecule has 174 valence electrons. The van der Waals surface area contributed by atoms with Crippen LogP contribution in [-0.2, 0) is 6.54 Å². The molecule has 0 bridgehead atoms. The molecule has 1 aliphatic rings. The van der Waals surface area contributed by atoms with Crippen molar-refractivity contribution in [1.29, 1.82) is 0 Å². The molecule has 2 aromatic carbocycles. The molecule has 1 fully saturated rings. The van der Waals surface area contributed by atoms with E-state index in [-0.39, 0.29) is 5.91 Å². The van der Waals surface area contributed by atoms with E-state index in [2.05, 4.69) is 52.5 Å². The molecule has 1 amide bonds. The Morgan fingerprint density at radius 3 is 2.81 bits per heavy atom. The van der Waals surface area contributed by atoms with Crippen LogP contribution >= 0.6 is 11.6 Å². The number of hydrogen-bond donors (Lipinski definition) is 2. The summed E-state index contributed by atoms with van der Waals surface area (Å²) in [6.07, 6.45) is 3.49. The zero-order valence-electron chi connectivity index (χ0n) is 19.1. The molecule has 1 atom stereocenters. The molecule has 0 aliphatic carbocycles. The quantitative estimate of drug-likeness (QED) is 0.395. The minimum Gasteiger partial charge on any atom is -0.496 e. The molecular formula is C25H35ClN4O2. The van der Waals surface area contributed by atoms with Gasteiger partial charge < -0.3 is 25.6 Å². The fourth-order valence-corrected chi connectivity index (χ4v) is 4.39. The van der Waals surface area contributed by atoms with Gasteiger partial charge in [0.2, 0.25) is 0 Å². The van der Waals surface area contributed by atoms with E-state index in [9.17, 15) is 4.79 Å². The molecule has 1 aliphatic heterocycles. The van der Waals surface area contributed by atoms with E-state index in [0.717, 1.165) is 39.1 Å². The molecule has 3 N–H and O–H groups in total. The van der Waals surface area contributed by atoms with E-state index in [1.165, 1.54) is 25.5 Å². The highest BCUT2D eigenvalue weighted by Crippen LogP contribution is 2.29. The molecule has 7 heteroatoms. The summed E-state index contributed by atoms with van der Waals surface area (Å²) in [5.74, 6) is 0.730. The molecule has 1 saturated heterocycles. The van der Waals surface area contributed by atoms with Crippen molar-refractivity contribution >= 4 is 23.2 Å². The highest BCUT2D eigenvalue weighted by molar-refractivity contribution is 6.33. The van der Waals surface area contributed by atoms with Crippen LogP contribution in [0, 0.1) is 5.92 Å². The number of likely N-dealkylation sites (tertiary alicyclic amines) is 1. The zero-order chi connectivity index (χ0) is 22.9. The van der Waals surface area contributed by atoms with Crippen molar-refractivity contribution < 1.29 is 9.53 Å². The van der Waals surface area contributed by atoms with Crippen molar-refractivity contribution in [3.8, 4) is 5.75 Å². The molecule has 0 saturated carbocycles. The molecule has 0 radical (unpaired) electrons. The van der Waals surface area contributed by atoms with Gasteiger partial charge in [-0.3, -0.25) is 4.79 Å². The van der Waals surface area contributed by atoms with Gasteiger partial charge in [0.1, 0.15) is 5.75 Å². The van der Waals surface area contributed by atoms with Crippen LogP contribution in [0.1, 0.15) is 35.2 Å². The summed E-state index contributed by atoms with van der Waals surface area (Å²) >= 11 is 6.08. The number of ether oxygens (including phenoxy) is 1. The fraction of sp³-hybridized carbons (Fsp3) is 0.480. The summed E-state index contributed by atoms with van der Waals surface area (Å²) in [6.45, 7) is 5.99. The lowest BCUT2D eigenvalue weighted by Gasteiger charge is -2.19. The molecule has 32 heavy (non-hydrogen) atoms. The van der Waals surface area contributed by atoms with E-state index >= 15 is 0 Å². The summed E-state index contributed by atoms with van der Waals surface area (Å²) in [4.78, 5) is 17.5. The number of anilines is 1. The van der Waals surface area contributed by atoms with E-state index < -0.39 is 0 Å². The molecule has 2 aromatic rings. The summed E-state index contributed by atoms with van der Waals surface area (Å²) in [6, 6.07) is 13.8. The topological polar surface area (TPSA) is 70.8 Å². The van der Waals surface area contributed by atoms with Crippen molar-refractivity contribution in [2.45, 2.75) is 25.8 Å². The van der Waals surface area contributed by atoms with Gasteiger partial charge in [0.25, 0.3) is 5.91 Å². The van der Waals surface area contributed by atoms with Crippen molar-refractivity contribution in [2.75, 3.05) is 52.6 Å². The van der Waals surface area contributed by atoms with Crippen LogP contribution in [0.15, 0.2) is 42.5 Å². The first-order valence-electron chi connectivity index (χ1n) is 11.3. The lowest BCUT2D eigenvalue weighted by atomic mass is 10.1. The number of amides is 1. The van der Waals surface area contributed by atoms with Crippen LogP contribution in [-0.4, -0.2) is 62.6 Å². The van der Waals surface area contributed by atoms with Crippen LogP contribution in [0.4, 0.5) is 5.69 Å². The first-order chi connectivity index (χ1) is 15.5. The molecule has 1 unspecified atom stereocenters. The van der Waals surface area contributed by atoms with E-state index in [1.807, 2.05) is 0 Å². The number of carbonyl (C=O) groups is 1. The normalized spacial score (nSPS) is 16.4. The predicted octanol–water partition coefficient (Wildman–Crippen LogP) is 3.89. The van der Waals surface area contributed by atoms with Crippen LogP contribution in [0.5, 0.6) is 5.75 Å². The number of nitrogen functional groups attached to an aromatic ring is 1. The Kier molecular flexibility index (Phi) is 9.21. The van der Waals surface area contributed by atoms with Gasteiger partial charge in [-0.15, -0.1) is 0 Å². The maximum absolute atomic E-state index is 12.6. The van der Waals surface area contributed by atoms with Gasteiger partial charge in [-0.25, -0.2) is 0 Å². The minimum absolute atomic E-state index is 0.177. The van der Waals surface area contributed by atoms with E-state index in [1.54, 1.807) is 12.1 Å². The van der Waals surface area contributed by atoms with E-state index in [4.69, 9.17) is 22.1 Å². The number of hydrogen-bond acceptors (Lipinski definition) is 5. The van der Waals surface area contributed by atoms with Gasteiger partial charge in [-0.1, -0.05) is 41.9 Å². The highest BCUT2D eigenvalue weighted by Gasteiger charge is 2.23. The molecule has 0 aromatic heterocycles. The first kappa shape index (κ1) is 24.4. The minimum atomic E-state index is -0.177. The third kappa shape index (κ3) is 7.12. The lowest BCUT2D eigenvalue weighted by Crippen LogP contribution is -2.31. The Morgan fingerprint density at radius 1 is 1.28 bits per heavy atom. The summed E-state index contributed by atoms with van der Waals surface area (Å²) in [5.41, 5.74) is 7.98. The summed E-state index contributed by atoms with van der Waals surface area (Å²) < 4.78 is 5.28. The average molecular weight is 459 g/mol. The third-order valence-corrected chi connectivity index (χ3v) is 6.37. The van der Waals surface area contributed by atoms with Crippen molar-refractivity contribution in [1.82, 2.24) is 15.1 Å². The number of nitrogens with two attached hydrogens (primary N) is 1. The molecular weight excluding hydrogens is 424 g/mol. The fourth-order valence-electron chi connectivity index (χ4n) is 4.22. The number of unbranched alkanes of at least 4 members (excludes halogenated alkanes) is 1. The van der Waals surface area contributed by atoms with Crippen LogP contribution in [0.25, 0.3) is 0 Å². The van der Waals surface area contributed by atoms with Crippen LogP contribution in [0.3, 0.4) is 0 Å². The van der Waals surface area contributed by atoms with Gasteiger partial charge in [0, 0.05) is 25.7 Å².